The number of rotatable bonds is 7. The highest BCUT2D eigenvalue weighted by Crippen LogP contribution is 2.36. The van der Waals surface area contributed by atoms with Crippen LogP contribution in [-0.4, -0.2) is 19.6 Å². The number of nitrogens with one attached hydrogen (secondary N) is 1. The lowest BCUT2D eigenvalue weighted by atomic mass is 9.79. The SMILES string of the molecule is COc1cc(C(C)(C)CCCNC(=O)C(C)(C)C)ccc1C1=CC=CC=CC1. The zero-order valence-electron chi connectivity index (χ0n) is 18.3. The molecule has 0 saturated heterocycles. The van der Waals surface area contributed by atoms with Crippen LogP contribution >= 0.6 is 0 Å². The number of hydrogen-bond donors (Lipinski definition) is 1. The Morgan fingerprint density at radius 1 is 1.11 bits per heavy atom. The van der Waals surface area contributed by atoms with E-state index in [2.05, 4.69) is 67.7 Å². The van der Waals surface area contributed by atoms with Crippen LogP contribution in [0.5, 0.6) is 5.75 Å². The highest BCUT2D eigenvalue weighted by Gasteiger charge is 2.24. The summed E-state index contributed by atoms with van der Waals surface area (Å²) in [5, 5.41) is 3.04. The van der Waals surface area contributed by atoms with Crippen LogP contribution in [0.1, 0.15) is 65.0 Å². The van der Waals surface area contributed by atoms with Gasteiger partial charge in [-0.2, -0.15) is 0 Å². The van der Waals surface area contributed by atoms with Crippen LogP contribution in [0.15, 0.2) is 48.6 Å². The molecule has 0 aliphatic heterocycles. The summed E-state index contributed by atoms with van der Waals surface area (Å²) >= 11 is 0. The van der Waals surface area contributed by atoms with Crippen LogP contribution in [-0.2, 0) is 10.2 Å². The van der Waals surface area contributed by atoms with Gasteiger partial charge in [0.15, 0.2) is 0 Å². The van der Waals surface area contributed by atoms with E-state index in [9.17, 15) is 4.79 Å². The van der Waals surface area contributed by atoms with Gasteiger partial charge in [-0.05, 0) is 41.9 Å². The molecule has 152 valence electrons. The molecular weight excluding hydrogens is 346 g/mol. The summed E-state index contributed by atoms with van der Waals surface area (Å²) in [7, 11) is 1.74. The molecular formula is C25H35NO2. The average molecular weight is 382 g/mol. The van der Waals surface area contributed by atoms with E-state index in [1.807, 2.05) is 20.8 Å². The van der Waals surface area contributed by atoms with Gasteiger partial charge >= 0.3 is 0 Å². The maximum Gasteiger partial charge on any atom is 0.225 e. The Hall–Kier alpha value is -2.29. The number of carbonyl (C=O) groups excluding carboxylic acids is 1. The van der Waals surface area contributed by atoms with E-state index in [4.69, 9.17) is 4.74 Å². The van der Waals surface area contributed by atoms with Crippen molar-refractivity contribution in [2.45, 2.75) is 59.3 Å². The van der Waals surface area contributed by atoms with Gasteiger partial charge in [-0.25, -0.2) is 0 Å². The molecule has 1 amide bonds. The predicted octanol–water partition coefficient (Wildman–Crippen LogP) is 5.81. The lowest BCUT2D eigenvalue weighted by Crippen LogP contribution is -2.35. The van der Waals surface area contributed by atoms with Gasteiger partial charge in [-0.3, -0.25) is 4.79 Å². The Morgan fingerprint density at radius 3 is 2.54 bits per heavy atom. The number of methoxy groups -OCH3 is 1. The Bertz CT molecular complexity index is 776. The van der Waals surface area contributed by atoms with E-state index in [-0.39, 0.29) is 16.7 Å². The fourth-order valence-electron chi connectivity index (χ4n) is 3.30. The third-order valence-corrected chi connectivity index (χ3v) is 5.27. The Labute approximate surface area is 170 Å². The van der Waals surface area contributed by atoms with E-state index < -0.39 is 0 Å². The van der Waals surface area contributed by atoms with E-state index in [0.29, 0.717) is 6.54 Å². The minimum atomic E-state index is -0.338. The van der Waals surface area contributed by atoms with Gasteiger partial charge in [0.2, 0.25) is 5.91 Å². The molecule has 2 rings (SSSR count). The molecule has 0 bridgehead atoms. The molecule has 1 aliphatic rings. The second-order valence-corrected chi connectivity index (χ2v) is 9.12. The van der Waals surface area contributed by atoms with Crippen molar-refractivity contribution in [1.82, 2.24) is 5.32 Å². The molecule has 0 radical (unpaired) electrons. The molecule has 1 aliphatic carbocycles. The Morgan fingerprint density at radius 2 is 1.86 bits per heavy atom. The standard InChI is InChI=1S/C25H35NO2/c1-24(2,3)23(27)26-17-11-16-25(4,5)20-14-15-21(22(18-20)28-6)19-12-9-7-8-10-13-19/h7-10,12,14-15,18H,11,13,16-17H2,1-6H3,(H,26,27). The molecule has 0 spiro atoms. The first-order chi connectivity index (χ1) is 13.1. The number of hydrogen-bond acceptors (Lipinski definition) is 2. The van der Waals surface area contributed by atoms with Gasteiger partial charge in [0, 0.05) is 17.5 Å². The van der Waals surface area contributed by atoms with Crippen LogP contribution in [0.4, 0.5) is 0 Å². The fourth-order valence-corrected chi connectivity index (χ4v) is 3.30. The van der Waals surface area contributed by atoms with Crippen LogP contribution < -0.4 is 10.1 Å². The van der Waals surface area contributed by atoms with Crippen molar-refractivity contribution >= 4 is 11.5 Å². The molecule has 0 fully saturated rings. The second-order valence-electron chi connectivity index (χ2n) is 9.12. The second kappa shape index (κ2) is 9.27. The molecule has 0 saturated carbocycles. The minimum absolute atomic E-state index is 0.00983. The first-order valence-electron chi connectivity index (χ1n) is 10.1. The summed E-state index contributed by atoms with van der Waals surface area (Å²) in [5.74, 6) is 1.03. The maximum absolute atomic E-state index is 12.0. The highest BCUT2D eigenvalue weighted by molar-refractivity contribution is 5.81. The maximum atomic E-state index is 12.0. The third-order valence-electron chi connectivity index (χ3n) is 5.27. The average Bonchev–Trinajstić information content (AvgIpc) is 2.93. The fraction of sp³-hybridized carbons (Fsp3) is 0.480. The summed E-state index contributed by atoms with van der Waals surface area (Å²) in [6, 6.07) is 6.56. The monoisotopic (exact) mass is 381 g/mol. The van der Waals surface area contributed by atoms with Gasteiger partial charge in [0.1, 0.15) is 5.75 Å². The summed E-state index contributed by atoms with van der Waals surface area (Å²) in [6.45, 7) is 11.0. The largest absolute Gasteiger partial charge is 0.496 e. The van der Waals surface area contributed by atoms with Gasteiger partial charge in [0.05, 0.1) is 7.11 Å². The first-order valence-corrected chi connectivity index (χ1v) is 10.1. The molecule has 3 heteroatoms. The highest BCUT2D eigenvalue weighted by atomic mass is 16.5. The zero-order valence-corrected chi connectivity index (χ0v) is 18.3. The molecule has 1 aromatic carbocycles. The van der Waals surface area contributed by atoms with Crippen molar-refractivity contribution in [2.24, 2.45) is 5.41 Å². The number of ether oxygens (including phenoxy) is 1. The van der Waals surface area contributed by atoms with Crippen LogP contribution in [0.3, 0.4) is 0 Å². The van der Waals surface area contributed by atoms with Crippen LogP contribution in [0.2, 0.25) is 0 Å². The van der Waals surface area contributed by atoms with Crippen molar-refractivity contribution in [2.75, 3.05) is 13.7 Å². The lowest BCUT2D eigenvalue weighted by Gasteiger charge is -2.27. The molecule has 0 aromatic heterocycles. The van der Waals surface area contributed by atoms with Gasteiger partial charge in [-0.15, -0.1) is 0 Å². The van der Waals surface area contributed by atoms with Crippen molar-refractivity contribution in [3.8, 4) is 5.75 Å². The smallest absolute Gasteiger partial charge is 0.225 e. The Balaban J connectivity index is 2.07. The third kappa shape index (κ3) is 5.85. The van der Waals surface area contributed by atoms with Crippen molar-refractivity contribution in [3.63, 3.8) is 0 Å². The van der Waals surface area contributed by atoms with Crippen molar-refractivity contribution in [1.29, 1.82) is 0 Å². The topological polar surface area (TPSA) is 38.3 Å². The molecule has 1 N–H and O–H groups in total. The molecule has 0 unspecified atom stereocenters. The number of amides is 1. The van der Waals surface area contributed by atoms with Crippen LogP contribution in [0, 0.1) is 5.41 Å². The molecule has 0 heterocycles. The normalized spacial score (nSPS) is 14.4. The van der Waals surface area contributed by atoms with Gasteiger partial charge < -0.3 is 10.1 Å². The van der Waals surface area contributed by atoms with E-state index in [0.717, 1.165) is 30.6 Å². The predicted molar refractivity (Wildman–Crippen MR) is 119 cm³/mol. The summed E-state index contributed by atoms with van der Waals surface area (Å²) in [4.78, 5) is 12.0. The molecule has 3 nitrogen and oxygen atoms in total. The van der Waals surface area contributed by atoms with Gasteiger partial charge in [0.25, 0.3) is 0 Å². The van der Waals surface area contributed by atoms with Crippen LogP contribution in [0.25, 0.3) is 5.57 Å². The van der Waals surface area contributed by atoms with Gasteiger partial charge in [-0.1, -0.05) is 77.1 Å². The molecule has 1 aromatic rings. The van der Waals surface area contributed by atoms with E-state index >= 15 is 0 Å². The van der Waals surface area contributed by atoms with Crippen molar-refractivity contribution < 1.29 is 9.53 Å². The number of benzene rings is 1. The van der Waals surface area contributed by atoms with Crippen molar-refractivity contribution in [3.05, 3.63) is 59.7 Å². The minimum Gasteiger partial charge on any atom is -0.496 e. The van der Waals surface area contributed by atoms with E-state index in [1.54, 1.807) is 7.11 Å². The quantitative estimate of drug-likeness (QED) is 0.605. The zero-order chi connectivity index (χ0) is 20.8. The molecule has 0 atom stereocenters. The Kier molecular flexibility index (Phi) is 7.29. The lowest BCUT2D eigenvalue weighted by molar-refractivity contribution is -0.128. The molecule has 28 heavy (non-hydrogen) atoms. The summed E-state index contributed by atoms with van der Waals surface area (Å²) in [5.41, 5.74) is 3.34. The number of carbonyl (C=O) groups is 1. The summed E-state index contributed by atoms with van der Waals surface area (Å²) in [6.07, 6.45) is 13.4. The summed E-state index contributed by atoms with van der Waals surface area (Å²) < 4.78 is 5.72. The number of allylic oxidation sites excluding steroid dienone is 6. The first kappa shape index (κ1) is 22.0. The van der Waals surface area contributed by atoms with E-state index in [1.165, 1.54) is 11.1 Å².